The minimum atomic E-state index is -0.178. The third-order valence-corrected chi connectivity index (χ3v) is 3.00. The molecule has 0 saturated carbocycles. The van der Waals surface area contributed by atoms with Crippen LogP contribution >= 0.6 is 11.6 Å². The number of hydrogen-bond acceptors (Lipinski definition) is 4. The van der Waals surface area contributed by atoms with E-state index in [1.807, 2.05) is 6.07 Å². The fraction of sp³-hybridized carbons (Fsp3) is 0.200. The molecule has 0 aliphatic heterocycles. The van der Waals surface area contributed by atoms with Crippen molar-refractivity contribution in [1.29, 1.82) is 0 Å². The van der Waals surface area contributed by atoms with Gasteiger partial charge >= 0.3 is 0 Å². The predicted molar refractivity (Wildman–Crippen MR) is 81.1 cm³/mol. The number of carbonyl (C=O) groups is 1. The van der Waals surface area contributed by atoms with Gasteiger partial charge < -0.3 is 14.8 Å². The summed E-state index contributed by atoms with van der Waals surface area (Å²) in [4.78, 5) is 16.2. The second-order valence-electron chi connectivity index (χ2n) is 4.27. The maximum absolute atomic E-state index is 12.0. The summed E-state index contributed by atoms with van der Waals surface area (Å²) in [5.74, 6) is 0.538. The first-order valence-corrected chi connectivity index (χ1v) is 6.63. The molecule has 0 aliphatic carbocycles. The first-order chi connectivity index (χ1) is 10.1. The summed E-state index contributed by atoms with van der Waals surface area (Å²) in [6.45, 7) is 0. The molecule has 0 spiro atoms. The molecule has 21 heavy (non-hydrogen) atoms. The quantitative estimate of drug-likeness (QED) is 0.922. The van der Waals surface area contributed by atoms with Crippen molar-refractivity contribution in [2.75, 3.05) is 19.5 Å². The third kappa shape index (κ3) is 4.10. The molecule has 2 rings (SSSR count). The lowest BCUT2D eigenvalue weighted by Gasteiger charge is -2.10. The number of ether oxygens (including phenoxy) is 2. The van der Waals surface area contributed by atoms with Crippen LogP contribution in [0.3, 0.4) is 0 Å². The number of nitrogens with one attached hydrogen (secondary N) is 1. The first kappa shape index (κ1) is 15.1. The summed E-state index contributed by atoms with van der Waals surface area (Å²) in [5, 5.41) is 3.36. The van der Waals surface area contributed by atoms with Gasteiger partial charge in [-0.15, -0.1) is 0 Å². The minimum absolute atomic E-state index is 0.178. The van der Waals surface area contributed by atoms with Crippen LogP contribution in [0.15, 0.2) is 36.4 Å². The van der Waals surface area contributed by atoms with Crippen LogP contribution < -0.4 is 14.8 Å². The topological polar surface area (TPSA) is 60.5 Å². The van der Waals surface area contributed by atoms with Crippen molar-refractivity contribution < 1.29 is 14.3 Å². The number of aromatic nitrogens is 1. The maximum atomic E-state index is 12.0. The molecule has 1 heterocycles. The number of methoxy groups -OCH3 is 2. The molecule has 6 heteroatoms. The largest absolute Gasteiger partial charge is 0.481 e. The molecule has 0 bridgehead atoms. The van der Waals surface area contributed by atoms with Gasteiger partial charge in [-0.3, -0.25) is 4.79 Å². The fourth-order valence-corrected chi connectivity index (χ4v) is 2.03. The lowest BCUT2D eigenvalue weighted by Crippen LogP contribution is -2.15. The highest BCUT2D eigenvalue weighted by Gasteiger charge is 2.11. The molecule has 1 N–H and O–H groups in total. The highest BCUT2D eigenvalue weighted by Crippen LogP contribution is 2.24. The SMILES string of the molecule is COc1ccc(NC(=O)Cc2cccc(Cl)c2)c(OC)n1. The van der Waals surface area contributed by atoms with E-state index < -0.39 is 0 Å². The van der Waals surface area contributed by atoms with Crippen molar-refractivity contribution in [3.8, 4) is 11.8 Å². The zero-order chi connectivity index (χ0) is 15.2. The van der Waals surface area contributed by atoms with Crippen molar-refractivity contribution >= 4 is 23.2 Å². The summed E-state index contributed by atoms with van der Waals surface area (Å²) < 4.78 is 10.1. The molecule has 1 aromatic carbocycles. The van der Waals surface area contributed by atoms with E-state index in [1.165, 1.54) is 14.2 Å². The Balaban J connectivity index is 2.09. The van der Waals surface area contributed by atoms with Gasteiger partial charge in [-0.05, 0) is 23.8 Å². The lowest BCUT2D eigenvalue weighted by atomic mass is 10.1. The Bertz CT molecular complexity index is 647. The van der Waals surface area contributed by atoms with Crippen LogP contribution in [-0.4, -0.2) is 25.1 Å². The molecule has 2 aromatic rings. The number of pyridine rings is 1. The molecular formula is C15H15ClN2O3. The van der Waals surface area contributed by atoms with Gasteiger partial charge in [0.15, 0.2) is 0 Å². The highest BCUT2D eigenvalue weighted by atomic mass is 35.5. The number of anilines is 1. The standard InChI is InChI=1S/C15H15ClN2O3/c1-20-14-7-6-12(15(18-14)21-2)17-13(19)9-10-4-3-5-11(16)8-10/h3-8H,9H2,1-2H3,(H,17,19). The van der Waals surface area contributed by atoms with E-state index in [0.717, 1.165) is 5.56 Å². The number of carbonyl (C=O) groups excluding carboxylic acids is 1. The van der Waals surface area contributed by atoms with Crippen LogP contribution in [0, 0.1) is 0 Å². The van der Waals surface area contributed by atoms with Gasteiger partial charge in [-0.25, -0.2) is 0 Å². The molecule has 0 atom stereocenters. The molecule has 110 valence electrons. The Morgan fingerprint density at radius 1 is 1.24 bits per heavy atom. The summed E-state index contributed by atoms with van der Waals surface area (Å²) in [5.41, 5.74) is 1.32. The Kier molecular flexibility index (Phi) is 5.00. The molecule has 0 unspecified atom stereocenters. The third-order valence-electron chi connectivity index (χ3n) is 2.77. The van der Waals surface area contributed by atoms with E-state index in [0.29, 0.717) is 22.5 Å². The van der Waals surface area contributed by atoms with Crippen LogP contribution in [0.25, 0.3) is 0 Å². The summed E-state index contributed by atoms with van der Waals surface area (Å²) in [6, 6.07) is 10.5. The number of hydrogen-bond donors (Lipinski definition) is 1. The normalized spacial score (nSPS) is 10.0. The summed E-state index contributed by atoms with van der Waals surface area (Å²) in [6.07, 6.45) is 0.218. The van der Waals surface area contributed by atoms with E-state index in [9.17, 15) is 4.79 Å². The lowest BCUT2D eigenvalue weighted by molar-refractivity contribution is -0.115. The van der Waals surface area contributed by atoms with Crippen molar-refractivity contribution in [3.05, 3.63) is 47.0 Å². The minimum Gasteiger partial charge on any atom is -0.481 e. The molecule has 1 amide bonds. The number of nitrogens with zero attached hydrogens (tertiary/aromatic N) is 1. The van der Waals surface area contributed by atoms with Gasteiger partial charge in [0.25, 0.3) is 0 Å². The number of halogens is 1. The highest BCUT2D eigenvalue weighted by molar-refractivity contribution is 6.30. The second-order valence-corrected chi connectivity index (χ2v) is 4.70. The van der Waals surface area contributed by atoms with Crippen LogP contribution in [-0.2, 0) is 11.2 Å². The van der Waals surface area contributed by atoms with Gasteiger partial charge in [-0.1, -0.05) is 23.7 Å². The maximum Gasteiger partial charge on any atom is 0.240 e. The summed E-state index contributed by atoms with van der Waals surface area (Å²) in [7, 11) is 2.99. The van der Waals surface area contributed by atoms with Crippen molar-refractivity contribution in [2.45, 2.75) is 6.42 Å². The van der Waals surface area contributed by atoms with Gasteiger partial charge in [-0.2, -0.15) is 4.98 Å². The smallest absolute Gasteiger partial charge is 0.240 e. The average molecular weight is 307 g/mol. The van der Waals surface area contributed by atoms with Gasteiger partial charge in [0.2, 0.25) is 17.7 Å². The van der Waals surface area contributed by atoms with Gasteiger partial charge in [0, 0.05) is 11.1 Å². The number of benzene rings is 1. The Morgan fingerprint density at radius 2 is 2.05 bits per heavy atom. The molecular weight excluding hydrogens is 292 g/mol. The van der Waals surface area contributed by atoms with Crippen molar-refractivity contribution in [1.82, 2.24) is 4.98 Å². The van der Waals surface area contributed by atoms with Crippen LogP contribution in [0.2, 0.25) is 5.02 Å². The summed E-state index contributed by atoms with van der Waals surface area (Å²) >= 11 is 5.89. The van der Waals surface area contributed by atoms with E-state index >= 15 is 0 Å². The zero-order valence-electron chi connectivity index (χ0n) is 11.7. The first-order valence-electron chi connectivity index (χ1n) is 6.25. The van der Waals surface area contributed by atoms with E-state index in [4.69, 9.17) is 21.1 Å². The molecule has 0 aliphatic rings. The Labute approximate surface area is 127 Å². The number of amides is 1. The monoisotopic (exact) mass is 306 g/mol. The average Bonchev–Trinajstić information content (AvgIpc) is 2.47. The van der Waals surface area contributed by atoms with Crippen LogP contribution in [0.5, 0.6) is 11.8 Å². The molecule has 0 fully saturated rings. The molecule has 0 saturated heterocycles. The van der Waals surface area contributed by atoms with Gasteiger partial charge in [0.1, 0.15) is 5.69 Å². The van der Waals surface area contributed by atoms with Crippen molar-refractivity contribution in [3.63, 3.8) is 0 Å². The van der Waals surface area contributed by atoms with Crippen LogP contribution in [0.4, 0.5) is 5.69 Å². The Morgan fingerprint density at radius 3 is 2.71 bits per heavy atom. The Hall–Kier alpha value is -2.27. The predicted octanol–water partition coefficient (Wildman–Crippen LogP) is 2.93. The van der Waals surface area contributed by atoms with Gasteiger partial charge in [0.05, 0.1) is 20.6 Å². The van der Waals surface area contributed by atoms with E-state index in [-0.39, 0.29) is 12.3 Å². The van der Waals surface area contributed by atoms with Crippen molar-refractivity contribution in [2.24, 2.45) is 0 Å². The fourth-order valence-electron chi connectivity index (χ4n) is 1.81. The molecule has 1 aromatic heterocycles. The van der Waals surface area contributed by atoms with E-state index in [2.05, 4.69) is 10.3 Å². The van der Waals surface area contributed by atoms with E-state index in [1.54, 1.807) is 30.3 Å². The molecule has 5 nitrogen and oxygen atoms in total. The molecule has 0 radical (unpaired) electrons. The zero-order valence-corrected chi connectivity index (χ0v) is 12.5. The van der Waals surface area contributed by atoms with Crippen LogP contribution in [0.1, 0.15) is 5.56 Å². The second kappa shape index (κ2) is 6.95. The number of rotatable bonds is 5.